The van der Waals surface area contributed by atoms with E-state index in [-0.39, 0.29) is 18.7 Å². The van der Waals surface area contributed by atoms with Crippen LogP contribution >= 0.6 is 0 Å². The van der Waals surface area contributed by atoms with E-state index < -0.39 is 0 Å². The lowest BCUT2D eigenvalue weighted by atomic mass is 10.1. The number of carbonyl (C=O) groups excluding carboxylic acids is 1. The summed E-state index contributed by atoms with van der Waals surface area (Å²) in [4.78, 5) is 11.2. The maximum Gasteiger partial charge on any atom is 0.332 e. The molecule has 0 amide bonds. The van der Waals surface area contributed by atoms with Crippen LogP contribution in [0.15, 0.2) is 0 Å². The van der Waals surface area contributed by atoms with Gasteiger partial charge < -0.3 is 19.5 Å². The van der Waals surface area contributed by atoms with Crippen LogP contribution in [0.1, 0.15) is 19.8 Å². The highest BCUT2D eigenvalue weighted by atomic mass is 16.6. The summed E-state index contributed by atoms with van der Waals surface area (Å²) in [6, 6.07) is 0. The number of esters is 1. The van der Waals surface area contributed by atoms with E-state index >= 15 is 0 Å². The average molecular weight is 231 g/mol. The minimum atomic E-state index is -0.307. The second-order valence-electron chi connectivity index (χ2n) is 3.68. The monoisotopic (exact) mass is 231 g/mol. The molecule has 0 aromatic rings. The number of piperidine rings is 1. The molecule has 0 aliphatic carbocycles. The molecule has 0 aromatic carbocycles. The van der Waals surface area contributed by atoms with Crippen molar-refractivity contribution in [1.82, 2.24) is 5.32 Å². The second kappa shape index (κ2) is 8.50. The summed E-state index contributed by atoms with van der Waals surface area (Å²) in [7, 11) is 0. The molecule has 1 N–H and O–H groups in total. The van der Waals surface area contributed by atoms with Gasteiger partial charge in [0.25, 0.3) is 0 Å². The maximum absolute atomic E-state index is 11.2. The molecule has 0 radical (unpaired) electrons. The zero-order valence-electron chi connectivity index (χ0n) is 9.87. The normalized spacial score (nSPS) is 17.3. The average Bonchev–Trinajstić information content (AvgIpc) is 2.33. The highest BCUT2D eigenvalue weighted by molar-refractivity contribution is 5.70. The van der Waals surface area contributed by atoms with Crippen LogP contribution in [0.2, 0.25) is 0 Å². The zero-order chi connectivity index (χ0) is 11.6. The Morgan fingerprint density at radius 1 is 1.31 bits per heavy atom. The molecule has 5 nitrogen and oxygen atoms in total. The van der Waals surface area contributed by atoms with Crippen LogP contribution in [0.4, 0.5) is 0 Å². The molecule has 0 aromatic heterocycles. The van der Waals surface area contributed by atoms with E-state index in [1.54, 1.807) is 0 Å². The molecule has 94 valence electrons. The Hall–Kier alpha value is -0.650. The van der Waals surface area contributed by atoms with Gasteiger partial charge >= 0.3 is 5.97 Å². The van der Waals surface area contributed by atoms with Gasteiger partial charge in [0.2, 0.25) is 0 Å². The van der Waals surface area contributed by atoms with Gasteiger partial charge in [0, 0.05) is 6.61 Å². The van der Waals surface area contributed by atoms with Crippen LogP contribution in [-0.2, 0) is 19.0 Å². The Kier molecular flexibility index (Phi) is 7.12. The van der Waals surface area contributed by atoms with E-state index in [2.05, 4.69) is 5.32 Å². The van der Waals surface area contributed by atoms with Crippen LogP contribution in [0, 0.1) is 0 Å². The largest absolute Gasteiger partial charge is 0.462 e. The van der Waals surface area contributed by atoms with E-state index in [1.807, 2.05) is 6.92 Å². The quantitative estimate of drug-likeness (QED) is 0.505. The summed E-state index contributed by atoms with van der Waals surface area (Å²) >= 11 is 0. The van der Waals surface area contributed by atoms with Gasteiger partial charge in [0.15, 0.2) is 0 Å². The second-order valence-corrected chi connectivity index (χ2v) is 3.68. The van der Waals surface area contributed by atoms with Crippen LogP contribution in [0.5, 0.6) is 0 Å². The third kappa shape index (κ3) is 6.05. The number of nitrogens with one attached hydrogen (secondary N) is 1. The van der Waals surface area contributed by atoms with Gasteiger partial charge in [-0.1, -0.05) is 0 Å². The SMILES string of the molecule is CCOCCOC(=O)COC1CCNCC1. The maximum atomic E-state index is 11.2. The highest BCUT2D eigenvalue weighted by Crippen LogP contribution is 2.06. The Balaban J connectivity index is 1.96. The van der Waals surface area contributed by atoms with E-state index in [0.717, 1.165) is 25.9 Å². The van der Waals surface area contributed by atoms with Crippen LogP contribution in [0.25, 0.3) is 0 Å². The molecule has 0 spiro atoms. The summed E-state index contributed by atoms with van der Waals surface area (Å²) in [5, 5.41) is 3.24. The number of rotatable bonds is 7. The van der Waals surface area contributed by atoms with Gasteiger partial charge in [-0.15, -0.1) is 0 Å². The van der Waals surface area contributed by atoms with E-state index in [1.165, 1.54) is 0 Å². The number of hydrogen-bond acceptors (Lipinski definition) is 5. The number of carbonyl (C=O) groups is 1. The van der Waals surface area contributed by atoms with Crippen LogP contribution in [-0.4, -0.2) is 51.6 Å². The molecule has 0 atom stereocenters. The number of hydrogen-bond donors (Lipinski definition) is 1. The molecule has 0 saturated carbocycles. The molecule has 0 unspecified atom stereocenters. The van der Waals surface area contributed by atoms with Gasteiger partial charge in [-0.25, -0.2) is 4.79 Å². The van der Waals surface area contributed by atoms with Crippen LogP contribution in [0.3, 0.4) is 0 Å². The van der Waals surface area contributed by atoms with Gasteiger partial charge in [0.1, 0.15) is 13.2 Å². The molecule has 1 heterocycles. The van der Waals surface area contributed by atoms with Crippen molar-refractivity contribution in [3.8, 4) is 0 Å². The third-order valence-electron chi connectivity index (χ3n) is 2.42. The van der Waals surface area contributed by atoms with Crippen molar-refractivity contribution in [2.75, 3.05) is 39.5 Å². The Morgan fingerprint density at radius 2 is 2.06 bits per heavy atom. The summed E-state index contributed by atoms with van der Waals surface area (Å²) in [5.41, 5.74) is 0. The minimum absolute atomic E-state index is 0.0524. The lowest BCUT2D eigenvalue weighted by molar-refractivity contribution is -0.153. The van der Waals surface area contributed by atoms with Crippen LogP contribution < -0.4 is 5.32 Å². The third-order valence-corrected chi connectivity index (χ3v) is 2.42. The molecular formula is C11H21NO4. The lowest BCUT2D eigenvalue weighted by Gasteiger charge is -2.22. The van der Waals surface area contributed by atoms with Crippen molar-refractivity contribution >= 4 is 5.97 Å². The standard InChI is InChI=1S/C11H21NO4/c1-2-14-7-8-15-11(13)9-16-10-3-5-12-6-4-10/h10,12H,2-9H2,1H3. The van der Waals surface area contributed by atoms with Crippen molar-refractivity contribution in [2.24, 2.45) is 0 Å². The van der Waals surface area contributed by atoms with Crippen molar-refractivity contribution in [1.29, 1.82) is 0 Å². The lowest BCUT2D eigenvalue weighted by Crippen LogP contribution is -2.33. The highest BCUT2D eigenvalue weighted by Gasteiger charge is 2.15. The van der Waals surface area contributed by atoms with Crippen molar-refractivity contribution < 1.29 is 19.0 Å². The smallest absolute Gasteiger partial charge is 0.332 e. The van der Waals surface area contributed by atoms with E-state index in [9.17, 15) is 4.79 Å². The Labute approximate surface area is 96.4 Å². The Morgan fingerprint density at radius 3 is 2.75 bits per heavy atom. The molecule has 1 rings (SSSR count). The Bertz CT molecular complexity index is 192. The van der Waals surface area contributed by atoms with Gasteiger partial charge in [0.05, 0.1) is 12.7 Å². The molecule has 1 fully saturated rings. The molecular weight excluding hydrogens is 210 g/mol. The first-order valence-corrected chi connectivity index (χ1v) is 5.88. The van der Waals surface area contributed by atoms with E-state index in [0.29, 0.717) is 19.8 Å². The zero-order valence-corrected chi connectivity index (χ0v) is 9.87. The van der Waals surface area contributed by atoms with Gasteiger partial charge in [-0.2, -0.15) is 0 Å². The van der Waals surface area contributed by atoms with E-state index in [4.69, 9.17) is 14.2 Å². The summed E-state index contributed by atoms with van der Waals surface area (Å²) in [6.45, 7) is 5.29. The van der Waals surface area contributed by atoms with Gasteiger partial charge in [-0.3, -0.25) is 0 Å². The molecule has 16 heavy (non-hydrogen) atoms. The fourth-order valence-electron chi connectivity index (χ4n) is 1.55. The molecule has 1 saturated heterocycles. The topological polar surface area (TPSA) is 56.8 Å². The predicted octanol–water partition coefficient (Wildman–Crippen LogP) is 0.335. The fourth-order valence-corrected chi connectivity index (χ4v) is 1.55. The molecule has 1 aliphatic rings. The molecule has 0 bridgehead atoms. The van der Waals surface area contributed by atoms with Crippen molar-refractivity contribution in [3.05, 3.63) is 0 Å². The predicted molar refractivity (Wildman–Crippen MR) is 59.3 cm³/mol. The first-order chi connectivity index (χ1) is 7.83. The van der Waals surface area contributed by atoms with Crippen molar-refractivity contribution in [2.45, 2.75) is 25.9 Å². The first-order valence-electron chi connectivity index (χ1n) is 5.88. The first kappa shape index (κ1) is 13.4. The summed E-state index contributed by atoms with van der Waals surface area (Å²) in [6.07, 6.45) is 2.12. The molecule has 1 aliphatic heterocycles. The van der Waals surface area contributed by atoms with Gasteiger partial charge in [-0.05, 0) is 32.9 Å². The summed E-state index contributed by atoms with van der Waals surface area (Å²) < 4.78 is 15.4. The molecule has 5 heteroatoms. The van der Waals surface area contributed by atoms with Crippen molar-refractivity contribution in [3.63, 3.8) is 0 Å². The number of ether oxygens (including phenoxy) is 3. The summed E-state index contributed by atoms with van der Waals surface area (Å²) in [5.74, 6) is -0.307. The fraction of sp³-hybridized carbons (Fsp3) is 0.909. The minimum Gasteiger partial charge on any atom is -0.462 e.